The molecule has 0 radical (unpaired) electrons. The largest absolute Gasteiger partial charge is 0.398 e. The number of hydrogen-bond acceptors (Lipinski definition) is 2. The minimum atomic E-state index is -0.264. The number of nitrogens with one attached hydrogen (secondary N) is 1. The van der Waals surface area contributed by atoms with E-state index in [1.165, 1.54) is 5.56 Å². The molecular weight excluding hydrogens is 272 g/mol. The van der Waals surface area contributed by atoms with Crippen molar-refractivity contribution in [1.29, 1.82) is 0 Å². The fourth-order valence-corrected chi connectivity index (χ4v) is 2.09. The molecule has 0 heterocycles. The Bertz CT molecular complexity index is 621. The van der Waals surface area contributed by atoms with Crippen molar-refractivity contribution < 1.29 is 4.79 Å². The van der Waals surface area contributed by atoms with Crippen LogP contribution in [0.15, 0.2) is 42.5 Å². The van der Waals surface area contributed by atoms with Gasteiger partial charge in [-0.05, 0) is 35.7 Å². The van der Waals surface area contributed by atoms with Gasteiger partial charge in [-0.1, -0.05) is 43.6 Å². The minimum absolute atomic E-state index is 0.264. The topological polar surface area (TPSA) is 55.1 Å². The van der Waals surface area contributed by atoms with Gasteiger partial charge in [-0.3, -0.25) is 4.79 Å². The van der Waals surface area contributed by atoms with Crippen LogP contribution >= 0.6 is 11.6 Å². The molecule has 2 rings (SSSR count). The fourth-order valence-electron chi connectivity index (χ4n) is 1.87. The normalized spacial score (nSPS) is 10.6. The van der Waals surface area contributed by atoms with Crippen LogP contribution in [0.2, 0.25) is 5.02 Å². The molecule has 0 saturated carbocycles. The molecule has 0 aliphatic heterocycles. The van der Waals surface area contributed by atoms with Crippen LogP contribution in [0.5, 0.6) is 0 Å². The lowest BCUT2D eigenvalue weighted by atomic mass is 10.0. The Morgan fingerprint density at radius 2 is 1.80 bits per heavy atom. The van der Waals surface area contributed by atoms with E-state index in [-0.39, 0.29) is 10.9 Å². The number of nitrogen functional groups attached to an aromatic ring is 1. The number of halogens is 1. The van der Waals surface area contributed by atoms with Gasteiger partial charge in [0, 0.05) is 5.69 Å². The Kier molecular flexibility index (Phi) is 4.30. The Labute approximate surface area is 123 Å². The molecule has 0 unspecified atom stereocenters. The van der Waals surface area contributed by atoms with Gasteiger partial charge in [-0.25, -0.2) is 0 Å². The van der Waals surface area contributed by atoms with Gasteiger partial charge < -0.3 is 11.1 Å². The van der Waals surface area contributed by atoms with Crippen LogP contribution in [-0.2, 0) is 0 Å². The van der Waals surface area contributed by atoms with Crippen molar-refractivity contribution in [3.8, 4) is 0 Å². The summed E-state index contributed by atoms with van der Waals surface area (Å²) in [4.78, 5) is 12.2. The SMILES string of the molecule is CC(C)c1ccc(NC(=O)c2cccc(N)c2Cl)cc1. The highest BCUT2D eigenvalue weighted by Gasteiger charge is 2.12. The summed E-state index contributed by atoms with van der Waals surface area (Å²) in [6.07, 6.45) is 0. The maximum Gasteiger partial charge on any atom is 0.257 e. The standard InChI is InChI=1S/C16H17ClN2O/c1-10(2)11-6-8-12(9-7-11)19-16(20)13-4-3-5-14(18)15(13)17/h3-10H,18H2,1-2H3,(H,19,20). The summed E-state index contributed by atoms with van der Waals surface area (Å²) in [6.45, 7) is 4.25. The zero-order valence-corrected chi connectivity index (χ0v) is 12.2. The molecule has 0 aliphatic carbocycles. The van der Waals surface area contributed by atoms with Gasteiger partial charge in [-0.2, -0.15) is 0 Å². The Balaban J connectivity index is 2.17. The molecule has 0 aliphatic rings. The van der Waals surface area contributed by atoms with Gasteiger partial charge in [-0.15, -0.1) is 0 Å². The lowest BCUT2D eigenvalue weighted by Crippen LogP contribution is -2.13. The zero-order valence-electron chi connectivity index (χ0n) is 11.5. The van der Waals surface area contributed by atoms with Gasteiger partial charge >= 0.3 is 0 Å². The summed E-state index contributed by atoms with van der Waals surface area (Å²) in [7, 11) is 0. The summed E-state index contributed by atoms with van der Waals surface area (Å²) in [6, 6.07) is 12.8. The highest BCUT2D eigenvalue weighted by molar-refractivity contribution is 6.36. The zero-order chi connectivity index (χ0) is 14.7. The lowest BCUT2D eigenvalue weighted by molar-refractivity contribution is 0.102. The van der Waals surface area contributed by atoms with E-state index in [0.29, 0.717) is 17.2 Å². The molecule has 3 nitrogen and oxygen atoms in total. The second-order valence-corrected chi connectivity index (χ2v) is 5.32. The maximum atomic E-state index is 12.2. The first-order valence-electron chi connectivity index (χ1n) is 6.44. The maximum absolute atomic E-state index is 12.2. The van der Waals surface area contributed by atoms with Gasteiger partial charge in [0.15, 0.2) is 0 Å². The smallest absolute Gasteiger partial charge is 0.257 e. The highest BCUT2D eigenvalue weighted by Crippen LogP contribution is 2.24. The van der Waals surface area contributed by atoms with Gasteiger partial charge in [0.1, 0.15) is 0 Å². The van der Waals surface area contributed by atoms with Crippen LogP contribution in [0.1, 0.15) is 35.7 Å². The van der Waals surface area contributed by atoms with Crippen molar-refractivity contribution >= 4 is 28.9 Å². The molecule has 0 spiro atoms. The van der Waals surface area contributed by atoms with E-state index in [1.807, 2.05) is 24.3 Å². The first-order valence-corrected chi connectivity index (χ1v) is 6.82. The molecular formula is C16H17ClN2O. The van der Waals surface area contributed by atoms with Crippen LogP contribution in [-0.4, -0.2) is 5.91 Å². The number of benzene rings is 2. The van der Waals surface area contributed by atoms with E-state index >= 15 is 0 Å². The second kappa shape index (κ2) is 5.97. The number of hydrogen-bond donors (Lipinski definition) is 2. The summed E-state index contributed by atoms with van der Waals surface area (Å²) < 4.78 is 0. The predicted octanol–water partition coefficient (Wildman–Crippen LogP) is 4.30. The highest BCUT2D eigenvalue weighted by atomic mass is 35.5. The first-order chi connectivity index (χ1) is 9.49. The quantitative estimate of drug-likeness (QED) is 0.828. The van der Waals surface area contributed by atoms with Crippen molar-refractivity contribution in [3.63, 3.8) is 0 Å². The molecule has 0 bridgehead atoms. The third kappa shape index (κ3) is 3.11. The molecule has 0 aromatic heterocycles. The van der Waals surface area contributed by atoms with Crippen molar-refractivity contribution in [1.82, 2.24) is 0 Å². The molecule has 20 heavy (non-hydrogen) atoms. The van der Waals surface area contributed by atoms with E-state index < -0.39 is 0 Å². The number of carbonyl (C=O) groups is 1. The van der Waals surface area contributed by atoms with Crippen LogP contribution in [0.3, 0.4) is 0 Å². The monoisotopic (exact) mass is 288 g/mol. The molecule has 0 atom stereocenters. The summed E-state index contributed by atoms with van der Waals surface area (Å²) in [5, 5.41) is 3.09. The molecule has 2 aromatic carbocycles. The molecule has 0 saturated heterocycles. The van der Waals surface area contributed by atoms with Gasteiger partial charge in [0.05, 0.1) is 16.3 Å². The van der Waals surface area contributed by atoms with Crippen LogP contribution in [0, 0.1) is 0 Å². The minimum Gasteiger partial charge on any atom is -0.398 e. The first kappa shape index (κ1) is 14.4. The van der Waals surface area contributed by atoms with Crippen molar-refractivity contribution in [2.45, 2.75) is 19.8 Å². The molecule has 4 heteroatoms. The average molecular weight is 289 g/mol. The number of anilines is 2. The number of amides is 1. The number of rotatable bonds is 3. The van der Waals surface area contributed by atoms with Crippen LogP contribution < -0.4 is 11.1 Å². The molecule has 1 amide bonds. The van der Waals surface area contributed by atoms with E-state index in [1.54, 1.807) is 18.2 Å². The molecule has 3 N–H and O–H groups in total. The lowest BCUT2D eigenvalue weighted by Gasteiger charge is -2.10. The Morgan fingerprint density at radius 3 is 2.40 bits per heavy atom. The Hall–Kier alpha value is -2.00. The molecule has 0 fully saturated rings. The summed E-state index contributed by atoms with van der Waals surface area (Å²) in [5.41, 5.74) is 8.43. The van der Waals surface area contributed by atoms with Crippen molar-refractivity contribution in [3.05, 3.63) is 58.6 Å². The Morgan fingerprint density at radius 1 is 1.15 bits per heavy atom. The third-order valence-electron chi connectivity index (χ3n) is 3.11. The summed E-state index contributed by atoms with van der Waals surface area (Å²) in [5.74, 6) is 0.197. The average Bonchev–Trinajstić information content (AvgIpc) is 2.42. The van der Waals surface area contributed by atoms with Crippen LogP contribution in [0.25, 0.3) is 0 Å². The van der Waals surface area contributed by atoms with Gasteiger partial charge in [0.25, 0.3) is 5.91 Å². The second-order valence-electron chi connectivity index (χ2n) is 4.94. The van der Waals surface area contributed by atoms with Crippen molar-refractivity contribution in [2.24, 2.45) is 0 Å². The predicted molar refractivity (Wildman–Crippen MR) is 84.3 cm³/mol. The van der Waals surface area contributed by atoms with E-state index in [0.717, 1.165) is 5.69 Å². The number of nitrogens with two attached hydrogens (primary N) is 1. The van der Waals surface area contributed by atoms with E-state index in [9.17, 15) is 4.79 Å². The van der Waals surface area contributed by atoms with E-state index in [2.05, 4.69) is 19.2 Å². The number of carbonyl (C=O) groups excluding carboxylic acids is 1. The molecule has 104 valence electrons. The fraction of sp³-hybridized carbons (Fsp3) is 0.188. The van der Waals surface area contributed by atoms with E-state index in [4.69, 9.17) is 17.3 Å². The summed E-state index contributed by atoms with van der Waals surface area (Å²) >= 11 is 6.04. The molecule has 2 aromatic rings. The van der Waals surface area contributed by atoms with Gasteiger partial charge in [0.2, 0.25) is 0 Å². The van der Waals surface area contributed by atoms with Crippen LogP contribution in [0.4, 0.5) is 11.4 Å². The third-order valence-corrected chi connectivity index (χ3v) is 3.53. The van der Waals surface area contributed by atoms with Crippen molar-refractivity contribution in [2.75, 3.05) is 11.1 Å².